The second kappa shape index (κ2) is 10.4. The Morgan fingerprint density at radius 2 is 1.64 bits per heavy atom. The summed E-state index contributed by atoms with van der Waals surface area (Å²) in [7, 11) is -1.31. The molecule has 1 N–H and O–H groups in total. The van der Waals surface area contributed by atoms with Crippen molar-refractivity contribution in [2.75, 3.05) is 32.7 Å². The minimum atomic E-state index is -4.17. The molecule has 2 aromatic carbocycles. The van der Waals surface area contributed by atoms with E-state index < -0.39 is 27.3 Å². The van der Waals surface area contributed by atoms with E-state index in [0.29, 0.717) is 18.6 Å². The number of hydrogen-bond acceptors (Lipinski definition) is 6. The van der Waals surface area contributed by atoms with Crippen molar-refractivity contribution >= 4 is 26.8 Å². The van der Waals surface area contributed by atoms with E-state index in [0.717, 1.165) is 29.8 Å². The lowest BCUT2D eigenvalue weighted by Crippen LogP contribution is -2.55. The van der Waals surface area contributed by atoms with Crippen molar-refractivity contribution in [1.29, 1.82) is 0 Å². The number of fused-ring (bicyclic) bond motifs is 1. The zero-order valence-corrected chi connectivity index (χ0v) is 21.5. The molecule has 0 unspecified atom stereocenters. The quantitative estimate of drug-likeness (QED) is 0.486. The van der Waals surface area contributed by atoms with E-state index in [1.807, 2.05) is 30.3 Å². The van der Waals surface area contributed by atoms with E-state index in [2.05, 4.69) is 16.5 Å². The average Bonchev–Trinajstić information content (AvgIpc) is 2.90. The lowest BCUT2D eigenvalue weighted by Gasteiger charge is -2.36. The molecule has 0 radical (unpaired) electrons. The van der Waals surface area contributed by atoms with Crippen LogP contribution in [0.15, 0.2) is 63.0 Å². The molecular formula is C25H31N5O5S. The number of nitrogens with one attached hydrogen (secondary N) is 1. The first-order valence-electron chi connectivity index (χ1n) is 11.9. The van der Waals surface area contributed by atoms with Crippen LogP contribution in [-0.4, -0.2) is 72.0 Å². The molecular weight excluding hydrogens is 482 g/mol. The van der Waals surface area contributed by atoms with Crippen molar-refractivity contribution < 1.29 is 13.2 Å². The van der Waals surface area contributed by atoms with Crippen LogP contribution < -0.4 is 16.0 Å². The van der Waals surface area contributed by atoms with Crippen molar-refractivity contribution in [2.45, 2.75) is 24.3 Å². The highest BCUT2D eigenvalue weighted by Gasteiger charge is 2.31. The Morgan fingerprint density at radius 1 is 0.972 bits per heavy atom. The molecule has 11 heteroatoms. The van der Waals surface area contributed by atoms with Gasteiger partial charge in [-0.15, -0.1) is 0 Å². The molecule has 2 heterocycles. The highest BCUT2D eigenvalue weighted by molar-refractivity contribution is 7.89. The lowest BCUT2D eigenvalue weighted by molar-refractivity contribution is -0.134. The summed E-state index contributed by atoms with van der Waals surface area (Å²) in [4.78, 5) is 42.2. The van der Waals surface area contributed by atoms with Crippen molar-refractivity contribution in [3.05, 3.63) is 74.9 Å². The number of likely N-dealkylation sites (N-methyl/N-ethyl adjacent to an activating group) is 1. The van der Waals surface area contributed by atoms with Crippen LogP contribution in [-0.2, 0) is 35.3 Å². The van der Waals surface area contributed by atoms with Crippen molar-refractivity contribution in [1.82, 2.24) is 23.7 Å². The molecule has 0 bridgehead atoms. The maximum atomic E-state index is 13.5. The SMILES string of the molecule is CCN1CCN(C(=O)[C@@H](Cc2ccccc2)NS(=O)(=O)c2ccc3c(c2)c(=O)n(C)c(=O)n3C)CC1. The summed E-state index contributed by atoms with van der Waals surface area (Å²) in [5, 5.41) is 0.101. The van der Waals surface area contributed by atoms with Crippen LogP contribution in [0.5, 0.6) is 0 Å². The number of rotatable bonds is 7. The molecule has 1 aliphatic rings. The first-order chi connectivity index (χ1) is 17.1. The maximum absolute atomic E-state index is 13.5. The standard InChI is InChI=1S/C25H31N5O5S/c1-4-29-12-14-30(15-13-29)24(32)21(16-18-8-6-5-7-9-18)26-36(34,35)19-10-11-22-20(17-19)23(31)28(3)25(33)27(22)2/h5-11,17,21,26H,4,12-16H2,1-3H3/t21-/m1/s1. The Kier molecular flexibility index (Phi) is 7.43. The summed E-state index contributed by atoms with van der Waals surface area (Å²) in [6.45, 7) is 5.49. The van der Waals surface area contributed by atoms with E-state index >= 15 is 0 Å². The van der Waals surface area contributed by atoms with Crippen LogP contribution in [0.3, 0.4) is 0 Å². The number of nitrogens with zero attached hydrogens (tertiary/aromatic N) is 4. The summed E-state index contributed by atoms with van der Waals surface area (Å²) in [5.41, 5.74) is 0.0645. The molecule has 1 saturated heterocycles. The molecule has 1 aromatic heterocycles. The van der Waals surface area contributed by atoms with Crippen molar-refractivity contribution in [3.8, 4) is 0 Å². The van der Waals surface area contributed by atoms with Gasteiger partial charge in [0.2, 0.25) is 15.9 Å². The monoisotopic (exact) mass is 513 g/mol. The van der Waals surface area contributed by atoms with Crippen LogP contribution in [0, 0.1) is 0 Å². The smallest absolute Gasteiger partial charge is 0.330 e. The van der Waals surface area contributed by atoms with Crippen LogP contribution >= 0.6 is 0 Å². The van der Waals surface area contributed by atoms with Gasteiger partial charge in [-0.3, -0.25) is 18.7 Å². The van der Waals surface area contributed by atoms with Crippen molar-refractivity contribution in [2.24, 2.45) is 14.1 Å². The fourth-order valence-electron chi connectivity index (χ4n) is 4.53. The van der Waals surface area contributed by atoms with Gasteiger partial charge in [-0.1, -0.05) is 37.3 Å². The van der Waals surface area contributed by atoms with E-state index in [4.69, 9.17) is 0 Å². The molecule has 10 nitrogen and oxygen atoms in total. The molecule has 1 amide bonds. The first kappa shape index (κ1) is 25.8. The summed E-state index contributed by atoms with van der Waals surface area (Å²) < 4.78 is 31.7. The number of amides is 1. The van der Waals surface area contributed by atoms with Gasteiger partial charge in [0, 0.05) is 40.3 Å². The third-order valence-corrected chi connectivity index (χ3v) is 8.23. The molecule has 0 saturated carbocycles. The van der Waals surface area contributed by atoms with Crippen LogP contribution in [0.4, 0.5) is 0 Å². The second-order valence-corrected chi connectivity index (χ2v) is 10.7. The molecule has 1 atom stereocenters. The molecule has 0 spiro atoms. The van der Waals surface area contributed by atoms with Gasteiger partial charge in [0.05, 0.1) is 15.8 Å². The number of hydrogen-bond donors (Lipinski definition) is 1. The normalized spacial score (nSPS) is 15.8. The van der Waals surface area contributed by atoms with Gasteiger partial charge < -0.3 is 9.80 Å². The predicted octanol–water partition coefficient (Wildman–Crippen LogP) is 0.291. The molecule has 0 aliphatic carbocycles. The maximum Gasteiger partial charge on any atom is 0.330 e. The minimum Gasteiger partial charge on any atom is -0.339 e. The number of piperazine rings is 1. The van der Waals surface area contributed by atoms with Crippen LogP contribution in [0.1, 0.15) is 12.5 Å². The number of carbonyl (C=O) groups is 1. The Hall–Kier alpha value is -3.28. The molecule has 192 valence electrons. The van der Waals surface area contributed by atoms with Gasteiger partial charge in [0.25, 0.3) is 5.56 Å². The third kappa shape index (κ3) is 5.13. The van der Waals surface area contributed by atoms with E-state index in [1.165, 1.54) is 36.9 Å². The molecule has 1 aliphatic heterocycles. The van der Waals surface area contributed by atoms with Gasteiger partial charge >= 0.3 is 5.69 Å². The number of sulfonamides is 1. The summed E-state index contributed by atoms with van der Waals surface area (Å²) >= 11 is 0. The fraction of sp³-hybridized carbons (Fsp3) is 0.400. The zero-order chi connectivity index (χ0) is 26.0. The minimum absolute atomic E-state index is 0.101. The Bertz CT molecular complexity index is 1490. The number of aromatic nitrogens is 2. The highest BCUT2D eigenvalue weighted by Crippen LogP contribution is 2.17. The summed E-state index contributed by atoms with van der Waals surface area (Å²) in [6, 6.07) is 12.3. The van der Waals surface area contributed by atoms with E-state index in [1.54, 1.807) is 4.90 Å². The summed E-state index contributed by atoms with van der Waals surface area (Å²) in [6.07, 6.45) is 0.191. The number of carbonyl (C=O) groups excluding carboxylic acids is 1. The van der Waals surface area contributed by atoms with E-state index in [9.17, 15) is 22.8 Å². The first-order valence-corrected chi connectivity index (χ1v) is 13.4. The van der Waals surface area contributed by atoms with Crippen LogP contribution in [0.2, 0.25) is 0 Å². The molecule has 3 aromatic rings. The van der Waals surface area contributed by atoms with Gasteiger partial charge in [0.1, 0.15) is 6.04 Å². The number of benzene rings is 2. The topological polar surface area (TPSA) is 114 Å². The lowest BCUT2D eigenvalue weighted by atomic mass is 10.1. The number of aryl methyl sites for hydroxylation is 1. The van der Waals surface area contributed by atoms with Crippen molar-refractivity contribution in [3.63, 3.8) is 0 Å². The van der Waals surface area contributed by atoms with Gasteiger partial charge in [0.15, 0.2) is 0 Å². The van der Waals surface area contributed by atoms with Gasteiger partial charge in [-0.2, -0.15) is 4.72 Å². The Morgan fingerprint density at radius 3 is 2.28 bits per heavy atom. The fourth-order valence-corrected chi connectivity index (χ4v) is 5.75. The second-order valence-electron chi connectivity index (χ2n) is 9.01. The Balaban J connectivity index is 1.67. The zero-order valence-electron chi connectivity index (χ0n) is 20.7. The van der Waals surface area contributed by atoms with Gasteiger partial charge in [-0.05, 0) is 36.7 Å². The predicted molar refractivity (Wildman–Crippen MR) is 137 cm³/mol. The van der Waals surface area contributed by atoms with E-state index in [-0.39, 0.29) is 22.6 Å². The highest BCUT2D eigenvalue weighted by atomic mass is 32.2. The largest absolute Gasteiger partial charge is 0.339 e. The molecule has 1 fully saturated rings. The Labute approximate surface area is 209 Å². The molecule has 36 heavy (non-hydrogen) atoms. The molecule has 4 rings (SSSR count). The van der Waals surface area contributed by atoms with Crippen LogP contribution in [0.25, 0.3) is 10.9 Å². The third-order valence-electron chi connectivity index (χ3n) is 6.76. The van der Waals surface area contributed by atoms with Gasteiger partial charge in [-0.25, -0.2) is 13.2 Å². The summed E-state index contributed by atoms with van der Waals surface area (Å²) in [5.74, 6) is -0.280. The average molecular weight is 514 g/mol.